The first-order valence-electron chi connectivity index (χ1n) is 11.5. The van der Waals surface area contributed by atoms with Gasteiger partial charge in [0, 0.05) is 37.1 Å². The molecule has 4 heteroatoms. The Morgan fingerprint density at radius 2 is 1.66 bits per heavy atom. The van der Waals surface area contributed by atoms with Crippen LogP contribution in [0.15, 0.2) is 67.0 Å². The maximum atomic E-state index is 11.1. The summed E-state index contributed by atoms with van der Waals surface area (Å²) < 4.78 is 0. The number of pyridine rings is 1. The summed E-state index contributed by atoms with van der Waals surface area (Å²) >= 11 is 0. The van der Waals surface area contributed by atoms with Crippen molar-refractivity contribution < 1.29 is 9.90 Å². The van der Waals surface area contributed by atoms with Gasteiger partial charge in [0.15, 0.2) is 0 Å². The molecule has 2 aliphatic rings. The molecule has 1 fully saturated rings. The Bertz CT molecular complexity index is 1130. The van der Waals surface area contributed by atoms with E-state index in [1.54, 1.807) is 6.07 Å². The monoisotopic (exact) mass is 424 g/mol. The predicted molar refractivity (Wildman–Crippen MR) is 129 cm³/mol. The molecule has 3 aromatic rings. The minimum absolute atomic E-state index is 0.206. The van der Waals surface area contributed by atoms with Crippen molar-refractivity contribution in [3.63, 3.8) is 0 Å². The molecular formula is C28H28N2O2. The molecule has 4 nitrogen and oxygen atoms in total. The van der Waals surface area contributed by atoms with Crippen LogP contribution < -0.4 is 4.90 Å². The van der Waals surface area contributed by atoms with Gasteiger partial charge in [-0.3, -0.25) is 4.98 Å². The summed E-state index contributed by atoms with van der Waals surface area (Å²) in [6.07, 6.45) is 9.65. The smallest absolute Gasteiger partial charge is 0.123 e. The maximum absolute atomic E-state index is 11.1. The second-order valence-corrected chi connectivity index (χ2v) is 8.79. The van der Waals surface area contributed by atoms with Crippen LogP contribution in [0.25, 0.3) is 11.1 Å². The number of rotatable bonds is 4. The number of nitrogens with zero attached hydrogens (tertiary/aromatic N) is 2. The highest BCUT2D eigenvalue weighted by atomic mass is 16.3. The summed E-state index contributed by atoms with van der Waals surface area (Å²) in [5.74, 6) is 0.530. The largest absolute Gasteiger partial charge is 0.508 e. The number of piperidine rings is 1. The molecular weight excluding hydrogens is 396 g/mol. The number of hydrogen-bond donors (Lipinski definition) is 1. The first-order chi connectivity index (χ1) is 15.7. The van der Waals surface area contributed by atoms with E-state index in [-0.39, 0.29) is 5.92 Å². The Hall–Kier alpha value is -3.40. The third kappa shape index (κ3) is 4.05. The number of hydrogen-bond acceptors (Lipinski definition) is 4. The van der Waals surface area contributed by atoms with Crippen LogP contribution in [-0.2, 0) is 11.2 Å². The van der Waals surface area contributed by atoms with Gasteiger partial charge in [-0.05, 0) is 102 Å². The molecule has 32 heavy (non-hydrogen) atoms. The van der Waals surface area contributed by atoms with E-state index < -0.39 is 0 Å². The molecule has 0 amide bonds. The van der Waals surface area contributed by atoms with Crippen molar-refractivity contribution in [1.82, 2.24) is 4.98 Å². The van der Waals surface area contributed by atoms with Gasteiger partial charge in [0.25, 0.3) is 0 Å². The number of aldehydes is 1. The number of aromatic nitrogens is 1. The lowest BCUT2D eigenvalue weighted by atomic mass is 9.88. The Balaban J connectivity index is 1.57. The molecule has 1 saturated heterocycles. The predicted octanol–water partition coefficient (Wildman–Crippen LogP) is 5.50. The van der Waals surface area contributed by atoms with Crippen LogP contribution >= 0.6 is 0 Å². The first kappa shape index (κ1) is 20.5. The van der Waals surface area contributed by atoms with Gasteiger partial charge in [0.05, 0.1) is 0 Å². The van der Waals surface area contributed by atoms with Crippen LogP contribution in [0.2, 0.25) is 0 Å². The third-order valence-corrected chi connectivity index (χ3v) is 6.81. The topological polar surface area (TPSA) is 53.4 Å². The molecule has 0 radical (unpaired) electrons. The van der Waals surface area contributed by atoms with E-state index in [2.05, 4.69) is 52.3 Å². The van der Waals surface area contributed by atoms with E-state index in [0.717, 1.165) is 51.5 Å². The number of fused-ring (bicyclic) bond motifs is 1. The summed E-state index contributed by atoms with van der Waals surface area (Å²) in [6.45, 7) is 1.85. The Kier molecular flexibility index (Phi) is 5.76. The fourth-order valence-electron chi connectivity index (χ4n) is 5.08. The number of phenols is 1. The zero-order valence-corrected chi connectivity index (χ0v) is 18.2. The molecule has 162 valence electrons. The summed E-state index contributed by atoms with van der Waals surface area (Å²) in [6, 6.07) is 18.8. The zero-order valence-electron chi connectivity index (χ0n) is 18.2. The summed E-state index contributed by atoms with van der Waals surface area (Å²) in [5.41, 5.74) is 8.58. The van der Waals surface area contributed by atoms with Gasteiger partial charge in [0.2, 0.25) is 0 Å². The zero-order chi connectivity index (χ0) is 21.9. The first-order valence-corrected chi connectivity index (χ1v) is 11.5. The molecule has 0 saturated carbocycles. The third-order valence-electron chi connectivity index (χ3n) is 6.81. The van der Waals surface area contributed by atoms with Crippen molar-refractivity contribution >= 4 is 23.1 Å². The van der Waals surface area contributed by atoms with Gasteiger partial charge in [0.1, 0.15) is 12.0 Å². The lowest BCUT2D eigenvalue weighted by Crippen LogP contribution is -2.34. The van der Waals surface area contributed by atoms with Crippen molar-refractivity contribution in [3.05, 3.63) is 89.2 Å². The van der Waals surface area contributed by atoms with Crippen molar-refractivity contribution in [2.24, 2.45) is 5.92 Å². The van der Waals surface area contributed by atoms with Crippen molar-refractivity contribution in [2.45, 2.75) is 32.1 Å². The lowest BCUT2D eigenvalue weighted by Gasteiger charge is -2.31. The van der Waals surface area contributed by atoms with E-state index in [1.807, 2.05) is 18.5 Å². The molecule has 1 aliphatic carbocycles. The van der Waals surface area contributed by atoms with Gasteiger partial charge < -0.3 is 14.8 Å². The van der Waals surface area contributed by atoms with Crippen LogP contribution in [0.5, 0.6) is 5.75 Å². The van der Waals surface area contributed by atoms with Crippen molar-refractivity contribution in [2.75, 3.05) is 18.0 Å². The number of carbonyl (C=O) groups is 1. The van der Waals surface area contributed by atoms with Crippen LogP contribution in [0.3, 0.4) is 0 Å². The second kappa shape index (κ2) is 8.99. The van der Waals surface area contributed by atoms with Gasteiger partial charge in [-0.1, -0.05) is 18.2 Å². The highest BCUT2D eigenvalue weighted by molar-refractivity contribution is 6.00. The Morgan fingerprint density at radius 1 is 0.906 bits per heavy atom. The number of carbonyl (C=O) groups excluding carboxylic acids is 1. The second-order valence-electron chi connectivity index (χ2n) is 8.79. The van der Waals surface area contributed by atoms with E-state index in [1.165, 1.54) is 39.1 Å². The highest BCUT2D eigenvalue weighted by Gasteiger charge is 2.22. The number of phenolic OH excluding ortho intramolecular Hbond substituents is 1. The van der Waals surface area contributed by atoms with E-state index in [0.29, 0.717) is 5.75 Å². The average molecular weight is 425 g/mol. The van der Waals surface area contributed by atoms with Crippen molar-refractivity contribution in [3.8, 4) is 5.75 Å². The SMILES string of the molecule is O=CC1CCN(c2ccc(C3=C(c4ccncc4)CCCc4cc(O)ccc43)cc2)CC1. The molecule has 1 aromatic heterocycles. The van der Waals surface area contributed by atoms with Gasteiger partial charge in [-0.2, -0.15) is 0 Å². The van der Waals surface area contributed by atoms with Gasteiger partial charge in [-0.25, -0.2) is 0 Å². The number of benzene rings is 2. The summed E-state index contributed by atoms with van der Waals surface area (Å²) in [7, 11) is 0. The van der Waals surface area contributed by atoms with Crippen LogP contribution in [0.4, 0.5) is 5.69 Å². The van der Waals surface area contributed by atoms with Crippen LogP contribution in [0.1, 0.15) is 47.9 Å². The van der Waals surface area contributed by atoms with Crippen LogP contribution in [0, 0.1) is 5.92 Å². The number of anilines is 1. The molecule has 0 unspecified atom stereocenters. The summed E-state index contributed by atoms with van der Waals surface area (Å²) in [5, 5.41) is 10.1. The fourth-order valence-corrected chi connectivity index (χ4v) is 5.08. The Labute approximate surface area is 189 Å². The molecule has 0 bridgehead atoms. The minimum atomic E-state index is 0.206. The molecule has 2 heterocycles. The molecule has 5 rings (SSSR count). The average Bonchev–Trinajstić information content (AvgIpc) is 3.04. The molecule has 0 spiro atoms. The quantitative estimate of drug-likeness (QED) is 0.562. The number of aryl methyl sites for hydroxylation is 1. The number of aromatic hydroxyl groups is 1. The molecule has 1 aliphatic heterocycles. The van der Waals surface area contributed by atoms with Crippen molar-refractivity contribution in [1.29, 1.82) is 0 Å². The Morgan fingerprint density at radius 3 is 2.38 bits per heavy atom. The van der Waals surface area contributed by atoms with E-state index in [9.17, 15) is 9.90 Å². The normalized spacial score (nSPS) is 17.1. The maximum Gasteiger partial charge on any atom is 0.123 e. The summed E-state index contributed by atoms with van der Waals surface area (Å²) in [4.78, 5) is 17.7. The molecule has 1 N–H and O–H groups in total. The molecule has 2 aromatic carbocycles. The lowest BCUT2D eigenvalue weighted by molar-refractivity contribution is -0.111. The fraction of sp³-hybridized carbons (Fsp3) is 0.286. The standard InChI is InChI=1S/C28H28N2O2/c31-19-20-12-16-30(17-13-20)24-6-4-22(5-7-24)28-26(21-10-14-29-15-11-21)3-1-2-23-18-25(32)8-9-27(23)28/h4-11,14-15,18-20,32H,1-3,12-13,16-17H2. The van der Waals surface area contributed by atoms with E-state index >= 15 is 0 Å². The van der Waals surface area contributed by atoms with Gasteiger partial charge >= 0.3 is 0 Å². The van der Waals surface area contributed by atoms with Gasteiger partial charge in [-0.15, -0.1) is 0 Å². The van der Waals surface area contributed by atoms with Crippen LogP contribution in [-0.4, -0.2) is 29.5 Å². The minimum Gasteiger partial charge on any atom is -0.508 e. The highest BCUT2D eigenvalue weighted by Crippen LogP contribution is 2.41. The molecule has 0 atom stereocenters. The van der Waals surface area contributed by atoms with E-state index in [4.69, 9.17) is 0 Å². The number of allylic oxidation sites excluding steroid dienone is 1.